The monoisotopic (exact) mass is 530 g/mol. The number of ether oxygens (including phenoxy) is 1. The topological polar surface area (TPSA) is 79.7 Å². The molecule has 1 aromatic heterocycles. The first-order valence-corrected chi connectivity index (χ1v) is 13.1. The Kier molecular flexibility index (Phi) is 6.53. The van der Waals surface area contributed by atoms with Gasteiger partial charge in [0.15, 0.2) is 5.13 Å². The lowest BCUT2D eigenvalue weighted by Gasteiger charge is -2.24. The van der Waals surface area contributed by atoms with Gasteiger partial charge in [0.25, 0.3) is 5.78 Å². The van der Waals surface area contributed by atoms with Crippen LogP contribution in [0.15, 0.2) is 72.3 Å². The van der Waals surface area contributed by atoms with Gasteiger partial charge in [0.05, 0.1) is 28.4 Å². The van der Waals surface area contributed by atoms with Crippen LogP contribution >= 0.6 is 11.3 Å². The second-order valence-electron chi connectivity index (χ2n) is 10.1. The Hall–Kier alpha value is -4.04. The molecule has 4 aromatic rings. The molecule has 38 heavy (non-hydrogen) atoms. The molecular weight excluding hydrogens is 503 g/mol. The van der Waals surface area contributed by atoms with Crippen molar-refractivity contribution in [1.82, 2.24) is 4.98 Å². The van der Waals surface area contributed by atoms with Crippen molar-refractivity contribution in [3.63, 3.8) is 0 Å². The van der Waals surface area contributed by atoms with Gasteiger partial charge in [-0.1, -0.05) is 56.4 Å². The second-order valence-corrected chi connectivity index (χ2v) is 11.1. The summed E-state index contributed by atoms with van der Waals surface area (Å²) in [7, 11) is 0. The smallest absolute Gasteiger partial charge is 0.301 e. The highest BCUT2D eigenvalue weighted by molar-refractivity contribution is 7.22. The number of benzene rings is 3. The summed E-state index contributed by atoms with van der Waals surface area (Å²) >= 11 is 1.12. The third-order valence-corrected chi connectivity index (χ3v) is 7.54. The maximum Gasteiger partial charge on any atom is 0.301 e. The fraction of sp³-hybridized carbons (Fsp3) is 0.233. The number of nitrogens with zero attached hydrogens (tertiary/aromatic N) is 2. The first-order chi connectivity index (χ1) is 18.1. The molecule has 1 amide bonds. The van der Waals surface area contributed by atoms with Gasteiger partial charge in [0.1, 0.15) is 17.3 Å². The fourth-order valence-electron chi connectivity index (χ4n) is 4.53. The third-order valence-electron chi connectivity index (χ3n) is 6.52. The number of aromatic nitrogens is 1. The maximum absolute atomic E-state index is 13.9. The summed E-state index contributed by atoms with van der Waals surface area (Å²) in [4.78, 5) is 32.7. The maximum atomic E-state index is 13.9. The van der Waals surface area contributed by atoms with Crippen molar-refractivity contribution in [3.05, 3.63) is 94.8 Å². The summed E-state index contributed by atoms with van der Waals surface area (Å²) in [6.45, 7) is 8.66. The fourth-order valence-corrected chi connectivity index (χ4v) is 5.55. The van der Waals surface area contributed by atoms with E-state index >= 15 is 0 Å². The summed E-state index contributed by atoms with van der Waals surface area (Å²) in [6, 6.07) is 17.6. The highest BCUT2D eigenvalue weighted by atomic mass is 32.1. The van der Waals surface area contributed by atoms with Crippen LogP contribution in [-0.2, 0) is 15.0 Å². The predicted molar refractivity (Wildman–Crippen MR) is 147 cm³/mol. The molecule has 1 atom stereocenters. The number of ketones is 1. The predicted octanol–water partition coefficient (Wildman–Crippen LogP) is 6.76. The normalized spacial score (nSPS) is 17.4. The Morgan fingerprint density at radius 3 is 2.37 bits per heavy atom. The largest absolute Gasteiger partial charge is 0.507 e. The minimum Gasteiger partial charge on any atom is -0.507 e. The van der Waals surface area contributed by atoms with Gasteiger partial charge in [-0.05, 0) is 65.9 Å². The first-order valence-electron chi connectivity index (χ1n) is 12.3. The summed E-state index contributed by atoms with van der Waals surface area (Å²) in [5.41, 5.74) is 2.50. The van der Waals surface area contributed by atoms with E-state index in [1.165, 1.54) is 23.1 Å². The molecule has 1 N–H and O–H groups in total. The van der Waals surface area contributed by atoms with E-state index in [-0.39, 0.29) is 21.9 Å². The molecule has 0 radical (unpaired) electrons. The average Bonchev–Trinajstić information content (AvgIpc) is 3.41. The summed E-state index contributed by atoms with van der Waals surface area (Å²) < 4.78 is 19.9. The number of amides is 1. The Bertz CT molecular complexity index is 1570. The number of rotatable bonds is 5. The van der Waals surface area contributed by atoms with Crippen LogP contribution in [0.4, 0.5) is 9.52 Å². The molecule has 0 saturated carbocycles. The Morgan fingerprint density at radius 2 is 1.74 bits per heavy atom. The third kappa shape index (κ3) is 4.56. The van der Waals surface area contributed by atoms with E-state index in [2.05, 4.69) is 25.8 Å². The quantitative estimate of drug-likeness (QED) is 0.175. The van der Waals surface area contributed by atoms with E-state index in [4.69, 9.17) is 4.74 Å². The molecule has 0 spiro atoms. The molecule has 6 nitrogen and oxygen atoms in total. The minimum atomic E-state index is -0.916. The lowest BCUT2D eigenvalue weighted by Crippen LogP contribution is -2.29. The lowest BCUT2D eigenvalue weighted by atomic mass is 9.85. The highest BCUT2D eigenvalue weighted by Gasteiger charge is 2.48. The second kappa shape index (κ2) is 9.68. The van der Waals surface area contributed by atoms with Gasteiger partial charge in [-0.2, -0.15) is 0 Å². The van der Waals surface area contributed by atoms with E-state index in [1.807, 2.05) is 31.2 Å². The molecule has 1 saturated heterocycles. The molecule has 0 unspecified atom stereocenters. The Labute approximate surface area is 224 Å². The van der Waals surface area contributed by atoms with Crippen LogP contribution in [0.2, 0.25) is 0 Å². The number of hydrogen-bond donors (Lipinski definition) is 1. The van der Waals surface area contributed by atoms with Crippen molar-refractivity contribution >= 4 is 44.1 Å². The van der Waals surface area contributed by atoms with Crippen LogP contribution < -0.4 is 9.64 Å². The molecule has 1 aliphatic rings. The molecule has 0 bridgehead atoms. The van der Waals surface area contributed by atoms with Gasteiger partial charge >= 0.3 is 5.91 Å². The van der Waals surface area contributed by atoms with Crippen LogP contribution in [-0.4, -0.2) is 28.4 Å². The van der Waals surface area contributed by atoms with Crippen molar-refractivity contribution in [2.75, 3.05) is 11.5 Å². The number of carbonyl (C=O) groups excluding carboxylic acids is 2. The van der Waals surface area contributed by atoms with Crippen molar-refractivity contribution in [3.8, 4) is 5.75 Å². The number of anilines is 1. The Balaban J connectivity index is 1.68. The van der Waals surface area contributed by atoms with Crippen LogP contribution in [0.3, 0.4) is 0 Å². The zero-order valence-corrected chi connectivity index (χ0v) is 22.3. The van der Waals surface area contributed by atoms with Gasteiger partial charge in [-0.25, -0.2) is 9.37 Å². The minimum absolute atomic E-state index is 0.0342. The van der Waals surface area contributed by atoms with Crippen molar-refractivity contribution < 1.29 is 23.8 Å². The van der Waals surface area contributed by atoms with Gasteiger partial charge < -0.3 is 9.84 Å². The number of fused-ring (bicyclic) bond motifs is 1. The number of Topliss-reactive ketones (excluding diaryl/α,β-unsaturated/α-hetero) is 1. The molecule has 3 aromatic carbocycles. The molecule has 5 rings (SSSR count). The van der Waals surface area contributed by atoms with E-state index in [0.29, 0.717) is 33.7 Å². The van der Waals surface area contributed by atoms with Crippen LogP contribution in [0, 0.1) is 5.82 Å². The van der Waals surface area contributed by atoms with E-state index in [9.17, 15) is 19.1 Å². The zero-order valence-electron chi connectivity index (χ0n) is 21.5. The molecule has 1 aliphatic heterocycles. The Morgan fingerprint density at radius 1 is 1.05 bits per heavy atom. The summed E-state index contributed by atoms with van der Waals surface area (Å²) in [5, 5.41) is 11.6. The first kappa shape index (κ1) is 25.6. The van der Waals surface area contributed by atoms with Crippen LogP contribution in [0.1, 0.15) is 50.4 Å². The molecule has 2 heterocycles. The van der Waals surface area contributed by atoms with Crippen LogP contribution in [0.5, 0.6) is 5.75 Å². The number of aliphatic hydroxyl groups excluding tert-OH is 1. The number of carbonyl (C=O) groups is 2. The zero-order chi connectivity index (χ0) is 27.2. The van der Waals surface area contributed by atoms with E-state index in [0.717, 1.165) is 16.9 Å². The highest BCUT2D eigenvalue weighted by Crippen LogP contribution is 2.44. The van der Waals surface area contributed by atoms with E-state index < -0.39 is 23.5 Å². The van der Waals surface area contributed by atoms with Gasteiger partial charge in [0.2, 0.25) is 0 Å². The number of hydrogen-bond acceptors (Lipinski definition) is 6. The number of halogens is 1. The average molecular weight is 531 g/mol. The number of thiazole rings is 1. The van der Waals surface area contributed by atoms with Crippen molar-refractivity contribution in [2.24, 2.45) is 0 Å². The van der Waals surface area contributed by atoms with Crippen molar-refractivity contribution in [1.29, 1.82) is 0 Å². The van der Waals surface area contributed by atoms with Crippen molar-refractivity contribution in [2.45, 2.75) is 39.2 Å². The van der Waals surface area contributed by atoms with Gasteiger partial charge in [-0.3, -0.25) is 14.5 Å². The van der Waals surface area contributed by atoms with Crippen LogP contribution in [0.25, 0.3) is 16.0 Å². The summed E-state index contributed by atoms with van der Waals surface area (Å²) in [6.07, 6.45) is 0. The van der Waals surface area contributed by atoms with Gasteiger partial charge in [-0.15, -0.1) is 0 Å². The molecule has 0 aliphatic carbocycles. The summed E-state index contributed by atoms with van der Waals surface area (Å²) in [5.74, 6) is -1.69. The lowest BCUT2D eigenvalue weighted by molar-refractivity contribution is -0.132. The van der Waals surface area contributed by atoms with E-state index in [1.54, 1.807) is 24.3 Å². The molecule has 1 fully saturated rings. The van der Waals surface area contributed by atoms with Gasteiger partial charge in [0, 0.05) is 5.56 Å². The molecular formula is C30H27FN2O4S. The SMILES string of the molecule is CCOc1ccc(C(O)=C2C(=O)C(=O)N(c3nc4ccc(F)cc4s3)[C@H]2c2ccc(C(C)(C)C)cc2)cc1. The number of aliphatic hydroxyl groups is 1. The molecule has 194 valence electrons. The molecule has 8 heteroatoms. The standard InChI is InChI=1S/C30H27FN2O4S/c1-5-37-21-13-8-18(9-14-21)26(34)24-25(17-6-10-19(11-7-17)30(2,3)4)33(28(36)27(24)35)29-32-22-15-12-20(31)16-23(22)38-29/h6-16,25,34H,5H2,1-4H3/t25-/m0/s1.